The summed E-state index contributed by atoms with van der Waals surface area (Å²) in [4.78, 5) is 0. The first kappa shape index (κ1) is 9.73. The van der Waals surface area contributed by atoms with Gasteiger partial charge in [-0.1, -0.05) is 0 Å². The van der Waals surface area contributed by atoms with E-state index in [9.17, 15) is 8.42 Å². The number of thioether (sulfide) groups is 1. The van der Waals surface area contributed by atoms with Gasteiger partial charge in [0, 0.05) is 5.75 Å². The molecule has 0 saturated carbocycles. The zero-order chi connectivity index (χ0) is 8.04. The normalized spacial score (nSPS) is 12.5. The van der Waals surface area contributed by atoms with E-state index in [1.54, 1.807) is 0 Å². The zero-order valence-electron chi connectivity index (χ0n) is 5.10. The SMILES string of the molecule is N/N=C/SCCS(=O)(=O)O. The first-order valence-corrected chi connectivity index (χ1v) is 5.00. The average Bonchev–Trinajstić information content (AvgIpc) is 1.78. The van der Waals surface area contributed by atoms with Gasteiger partial charge in [-0.05, 0) is 0 Å². The van der Waals surface area contributed by atoms with Crippen molar-refractivity contribution in [3.63, 3.8) is 0 Å². The molecular weight excluding hydrogens is 176 g/mol. The molecule has 60 valence electrons. The first-order valence-electron chi connectivity index (χ1n) is 2.35. The fourth-order valence-electron chi connectivity index (χ4n) is 0.249. The molecular formula is C3H8N2O3S2. The molecule has 0 bridgehead atoms. The van der Waals surface area contributed by atoms with Crippen LogP contribution in [0.3, 0.4) is 0 Å². The molecule has 0 rings (SSSR count). The highest BCUT2D eigenvalue weighted by Gasteiger charge is 2.01. The second-order valence-corrected chi connectivity index (χ2v) is 3.94. The molecule has 0 amide bonds. The van der Waals surface area contributed by atoms with Gasteiger partial charge in [0.25, 0.3) is 10.1 Å². The van der Waals surface area contributed by atoms with Crippen LogP contribution in [0.5, 0.6) is 0 Å². The first-order chi connectivity index (χ1) is 4.56. The fourth-order valence-corrected chi connectivity index (χ4v) is 1.67. The molecule has 0 aliphatic heterocycles. The summed E-state index contributed by atoms with van der Waals surface area (Å²) in [5.41, 5.74) is 1.31. The molecule has 0 aromatic carbocycles. The third-order valence-electron chi connectivity index (χ3n) is 0.595. The number of hydrazone groups is 1. The van der Waals surface area contributed by atoms with Crippen molar-refractivity contribution < 1.29 is 13.0 Å². The second kappa shape index (κ2) is 4.53. The van der Waals surface area contributed by atoms with Crippen molar-refractivity contribution >= 4 is 27.4 Å². The van der Waals surface area contributed by atoms with Crippen molar-refractivity contribution in [2.75, 3.05) is 11.5 Å². The molecule has 0 unspecified atom stereocenters. The van der Waals surface area contributed by atoms with Crippen molar-refractivity contribution in [1.29, 1.82) is 0 Å². The van der Waals surface area contributed by atoms with Gasteiger partial charge in [-0.2, -0.15) is 13.5 Å². The minimum Gasteiger partial charge on any atom is -0.323 e. The maximum absolute atomic E-state index is 10.1. The van der Waals surface area contributed by atoms with E-state index in [0.29, 0.717) is 0 Å². The summed E-state index contributed by atoms with van der Waals surface area (Å²) >= 11 is 1.12. The minimum atomic E-state index is -3.83. The maximum atomic E-state index is 10.1. The van der Waals surface area contributed by atoms with E-state index >= 15 is 0 Å². The monoisotopic (exact) mass is 184 g/mol. The van der Waals surface area contributed by atoms with E-state index in [-0.39, 0.29) is 11.5 Å². The Bertz CT molecular complexity index is 198. The fraction of sp³-hybridized carbons (Fsp3) is 0.667. The third kappa shape index (κ3) is 7.73. The van der Waals surface area contributed by atoms with E-state index in [0.717, 1.165) is 11.8 Å². The van der Waals surface area contributed by atoms with Crippen LogP contribution < -0.4 is 5.84 Å². The number of nitrogens with zero attached hydrogens (tertiary/aromatic N) is 1. The lowest BCUT2D eigenvalue weighted by molar-refractivity contribution is 0.485. The Hall–Kier alpha value is -0.270. The molecule has 0 aliphatic carbocycles. The van der Waals surface area contributed by atoms with Gasteiger partial charge < -0.3 is 5.84 Å². The molecule has 0 aliphatic rings. The molecule has 0 spiro atoms. The largest absolute Gasteiger partial charge is 0.323 e. The van der Waals surface area contributed by atoms with E-state index in [4.69, 9.17) is 10.4 Å². The Morgan fingerprint density at radius 2 is 2.30 bits per heavy atom. The smallest absolute Gasteiger partial charge is 0.265 e. The molecule has 0 atom stereocenters. The highest BCUT2D eigenvalue weighted by atomic mass is 32.2. The van der Waals surface area contributed by atoms with Crippen molar-refractivity contribution in [1.82, 2.24) is 0 Å². The molecule has 10 heavy (non-hydrogen) atoms. The van der Waals surface area contributed by atoms with Gasteiger partial charge in [-0.25, -0.2) is 0 Å². The van der Waals surface area contributed by atoms with Crippen LogP contribution in [-0.4, -0.2) is 30.0 Å². The highest BCUT2D eigenvalue weighted by molar-refractivity contribution is 8.12. The minimum absolute atomic E-state index is 0.263. The number of hydrogen-bond donors (Lipinski definition) is 2. The highest BCUT2D eigenvalue weighted by Crippen LogP contribution is 1.95. The Morgan fingerprint density at radius 3 is 2.70 bits per heavy atom. The van der Waals surface area contributed by atoms with Gasteiger partial charge in [0.05, 0.1) is 11.3 Å². The summed E-state index contributed by atoms with van der Waals surface area (Å²) in [6.45, 7) is 0. The molecule has 0 aromatic heterocycles. The van der Waals surface area contributed by atoms with E-state index in [1.807, 2.05) is 0 Å². The van der Waals surface area contributed by atoms with Gasteiger partial charge in [0.1, 0.15) is 0 Å². The van der Waals surface area contributed by atoms with Crippen molar-refractivity contribution in [3.05, 3.63) is 0 Å². The summed E-state index contributed by atoms with van der Waals surface area (Å²) in [6, 6.07) is 0. The predicted molar refractivity (Wildman–Crippen MR) is 41.6 cm³/mol. The zero-order valence-corrected chi connectivity index (χ0v) is 6.73. The number of nitrogens with two attached hydrogens (primary N) is 1. The standard InChI is InChI=1S/C3H8N2O3S2/c4-5-3-9-1-2-10(6,7)8/h3H,1-2,4H2,(H,6,7,8)/b5-3+. The van der Waals surface area contributed by atoms with Gasteiger partial charge in [-0.3, -0.25) is 4.55 Å². The van der Waals surface area contributed by atoms with E-state index in [1.165, 1.54) is 5.55 Å². The average molecular weight is 184 g/mol. The summed E-state index contributed by atoms with van der Waals surface area (Å²) in [5.74, 6) is 4.70. The van der Waals surface area contributed by atoms with Gasteiger partial charge in [0.2, 0.25) is 0 Å². The summed E-state index contributed by atoms with van der Waals surface area (Å²) in [7, 11) is -3.83. The quantitative estimate of drug-likeness (QED) is 0.153. The van der Waals surface area contributed by atoms with Gasteiger partial charge in [-0.15, -0.1) is 11.8 Å². The lowest BCUT2D eigenvalue weighted by atomic mass is 11.0. The molecule has 3 N–H and O–H groups in total. The predicted octanol–water partition coefficient (Wildman–Crippen LogP) is -0.491. The Kier molecular flexibility index (Phi) is 4.41. The number of hydrogen-bond acceptors (Lipinski definition) is 5. The van der Waals surface area contributed by atoms with Crippen LogP contribution in [0.2, 0.25) is 0 Å². The van der Waals surface area contributed by atoms with Crippen molar-refractivity contribution in [2.45, 2.75) is 0 Å². The third-order valence-corrected chi connectivity index (χ3v) is 2.28. The van der Waals surface area contributed by atoms with Crippen molar-refractivity contribution in [2.24, 2.45) is 10.9 Å². The number of rotatable bonds is 4. The van der Waals surface area contributed by atoms with Crippen LogP contribution in [0.4, 0.5) is 0 Å². The second-order valence-electron chi connectivity index (χ2n) is 1.41. The van der Waals surface area contributed by atoms with Crippen LogP contribution in [0, 0.1) is 0 Å². The Morgan fingerprint density at radius 1 is 1.70 bits per heavy atom. The van der Waals surface area contributed by atoms with Crippen LogP contribution in [0.1, 0.15) is 0 Å². The molecule has 0 aromatic rings. The van der Waals surface area contributed by atoms with Crippen LogP contribution in [-0.2, 0) is 10.1 Å². The molecule has 0 heterocycles. The molecule has 7 heteroatoms. The lowest BCUT2D eigenvalue weighted by Gasteiger charge is -1.90. The van der Waals surface area contributed by atoms with Crippen molar-refractivity contribution in [3.8, 4) is 0 Å². The molecule has 0 radical (unpaired) electrons. The Labute approximate surface area is 63.4 Å². The summed E-state index contributed by atoms with van der Waals surface area (Å²) < 4.78 is 28.3. The lowest BCUT2D eigenvalue weighted by Crippen LogP contribution is -2.05. The summed E-state index contributed by atoms with van der Waals surface area (Å²) in [5, 5.41) is 3.12. The topological polar surface area (TPSA) is 92.8 Å². The summed E-state index contributed by atoms with van der Waals surface area (Å²) in [6.07, 6.45) is 0. The van der Waals surface area contributed by atoms with Crippen LogP contribution in [0.25, 0.3) is 0 Å². The van der Waals surface area contributed by atoms with Gasteiger partial charge >= 0.3 is 0 Å². The van der Waals surface area contributed by atoms with E-state index in [2.05, 4.69) is 5.10 Å². The molecule has 0 saturated heterocycles. The van der Waals surface area contributed by atoms with Gasteiger partial charge in [0.15, 0.2) is 0 Å². The van der Waals surface area contributed by atoms with Crippen LogP contribution in [0.15, 0.2) is 5.10 Å². The molecule has 0 fully saturated rings. The van der Waals surface area contributed by atoms with E-state index < -0.39 is 10.1 Å². The Balaban J connectivity index is 3.39. The van der Waals surface area contributed by atoms with Crippen LogP contribution >= 0.6 is 11.8 Å². The maximum Gasteiger partial charge on any atom is 0.265 e. The molecule has 5 nitrogen and oxygen atoms in total.